The Morgan fingerprint density at radius 1 is 1.35 bits per heavy atom. The van der Waals surface area contributed by atoms with E-state index in [-0.39, 0.29) is 10.3 Å². The van der Waals surface area contributed by atoms with Crippen LogP contribution < -0.4 is 10.5 Å². The fraction of sp³-hybridized carbons (Fsp3) is 0.571. The van der Waals surface area contributed by atoms with E-state index in [0.717, 1.165) is 19.3 Å². The molecular formula is C14H21BrN2O2S. The molecule has 0 amide bonds. The van der Waals surface area contributed by atoms with E-state index in [1.165, 1.54) is 18.9 Å². The number of nitrogens with one attached hydrogen (secondary N) is 1. The molecule has 4 nitrogen and oxygen atoms in total. The Morgan fingerprint density at radius 2 is 2.00 bits per heavy atom. The van der Waals surface area contributed by atoms with E-state index in [1.807, 2.05) is 0 Å². The van der Waals surface area contributed by atoms with Crippen LogP contribution in [0.25, 0.3) is 0 Å². The Labute approximate surface area is 129 Å². The molecule has 1 saturated carbocycles. The molecule has 1 aromatic rings. The van der Waals surface area contributed by atoms with Crippen LogP contribution in [0.1, 0.15) is 39.0 Å². The maximum atomic E-state index is 12.4. The number of anilines is 1. The van der Waals surface area contributed by atoms with Gasteiger partial charge in [0, 0.05) is 16.7 Å². The first kappa shape index (κ1) is 15.8. The molecule has 0 aromatic heterocycles. The van der Waals surface area contributed by atoms with Gasteiger partial charge in [-0.1, -0.05) is 19.8 Å². The largest absolute Gasteiger partial charge is 0.399 e. The number of hydrogen-bond acceptors (Lipinski definition) is 3. The van der Waals surface area contributed by atoms with Crippen molar-refractivity contribution in [3.05, 3.63) is 22.7 Å². The summed E-state index contributed by atoms with van der Waals surface area (Å²) >= 11 is 3.27. The summed E-state index contributed by atoms with van der Waals surface area (Å²) < 4.78 is 28.1. The molecule has 0 saturated heterocycles. The molecule has 0 bridgehead atoms. The molecule has 1 aliphatic rings. The second-order valence-corrected chi connectivity index (χ2v) is 8.16. The average molecular weight is 361 g/mol. The summed E-state index contributed by atoms with van der Waals surface area (Å²) in [7, 11) is -3.50. The lowest BCUT2D eigenvalue weighted by atomic mass is 9.84. The first-order valence-corrected chi connectivity index (χ1v) is 9.21. The van der Waals surface area contributed by atoms with Gasteiger partial charge < -0.3 is 5.73 Å². The monoisotopic (exact) mass is 360 g/mol. The van der Waals surface area contributed by atoms with Crippen molar-refractivity contribution in [1.82, 2.24) is 4.72 Å². The summed E-state index contributed by atoms with van der Waals surface area (Å²) in [6.45, 7) is 2.65. The van der Waals surface area contributed by atoms with Gasteiger partial charge in [0.05, 0.1) is 4.90 Å². The Bertz CT molecular complexity index is 581. The minimum absolute atomic E-state index is 0.132. The van der Waals surface area contributed by atoms with E-state index in [2.05, 4.69) is 27.6 Å². The number of sulfonamides is 1. The Morgan fingerprint density at radius 3 is 2.55 bits per heavy atom. The predicted molar refractivity (Wildman–Crippen MR) is 84.9 cm³/mol. The third-order valence-electron chi connectivity index (χ3n) is 4.30. The number of nitrogen functional groups attached to an aromatic ring is 1. The van der Waals surface area contributed by atoms with E-state index < -0.39 is 10.0 Å². The first-order valence-electron chi connectivity index (χ1n) is 6.93. The van der Waals surface area contributed by atoms with E-state index >= 15 is 0 Å². The van der Waals surface area contributed by atoms with Gasteiger partial charge in [-0.3, -0.25) is 0 Å². The van der Waals surface area contributed by atoms with Crippen molar-refractivity contribution in [3.8, 4) is 0 Å². The number of rotatable bonds is 5. The normalized spacial score (nSPS) is 18.3. The molecule has 0 aliphatic heterocycles. The predicted octanol–water partition coefficient (Wildman–Crippen LogP) is 3.28. The van der Waals surface area contributed by atoms with E-state index in [0.29, 0.717) is 16.7 Å². The fourth-order valence-corrected chi connectivity index (χ4v) is 5.09. The van der Waals surface area contributed by atoms with Gasteiger partial charge in [0.15, 0.2) is 0 Å². The van der Waals surface area contributed by atoms with Crippen molar-refractivity contribution in [2.45, 2.75) is 43.9 Å². The van der Waals surface area contributed by atoms with Gasteiger partial charge in [0.25, 0.3) is 0 Å². The zero-order chi connectivity index (χ0) is 14.8. The SMILES string of the molecule is CCC1(CNS(=O)(=O)c2ccc(N)cc2Br)CCCC1. The molecular weight excluding hydrogens is 340 g/mol. The van der Waals surface area contributed by atoms with Crippen LogP contribution in [0.5, 0.6) is 0 Å². The molecule has 3 N–H and O–H groups in total. The average Bonchev–Trinajstić information content (AvgIpc) is 2.85. The summed E-state index contributed by atoms with van der Waals surface area (Å²) in [6.07, 6.45) is 5.62. The molecule has 1 aliphatic carbocycles. The first-order chi connectivity index (χ1) is 9.38. The molecule has 1 fully saturated rings. The van der Waals surface area contributed by atoms with Crippen LogP contribution in [0, 0.1) is 5.41 Å². The third kappa shape index (κ3) is 3.35. The number of halogens is 1. The van der Waals surface area contributed by atoms with Crippen LogP contribution in [0.4, 0.5) is 5.69 Å². The van der Waals surface area contributed by atoms with Crippen LogP contribution in [-0.2, 0) is 10.0 Å². The topological polar surface area (TPSA) is 72.2 Å². The van der Waals surface area contributed by atoms with Crippen molar-refractivity contribution in [3.63, 3.8) is 0 Å². The Balaban J connectivity index is 2.15. The van der Waals surface area contributed by atoms with Gasteiger partial charge in [0.1, 0.15) is 0 Å². The second-order valence-electron chi connectivity index (χ2n) is 5.58. The molecule has 0 atom stereocenters. The van der Waals surface area contributed by atoms with Crippen LogP contribution >= 0.6 is 15.9 Å². The van der Waals surface area contributed by atoms with Crippen LogP contribution in [0.15, 0.2) is 27.6 Å². The number of benzene rings is 1. The van der Waals surface area contributed by atoms with Crippen LogP contribution in [0.2, 0.25) is 0 Å². The standard InChI is InChI=1S/C14H21BrN2O2S/c1-2-14(7-3-4-8-14)10-17-20(18,19)13-6-5-11(16)9-12(13)15/h5-6,9,17H,2-4,7-8,10,16H2,1H3. The minimum Gasteiger partial charge on any atom is -0.399 e. The highest BCUT2D eigenvalue weighted by atomic mass is 79.9. The van der Waals surface area contributed by atoms with Crippen LogP contribution in [-0.4, -0.2) is 15.0 Å². The molecule has 112 valence electrons. The molecule has 6 heteroatoms. The lowest BCUT2D eigenvalue weighted by Crippen LogP contribution is -2.35. The zero-order valence-corrected chi connectivity index (χ0v) is 14.1. The maximum absolute atomic E-state index is 12.4. The number of hydrogen-bond donors (Lipinski definition) is 2. The zero-order valence-electron chi connectivity index (χ0n) is 11.7. The molecule has 0 unspecified atom stereocenters. The van der Waals surface area contributed by atoms with E-state index in [9.17, 15) is 8.42 Å². The lowest BCUT2D eigenvalue weighted by molar-refractivity contribution is 0.285. The smallest absolute Gasteiger partial charge is 0.241 e. The summed E-state index contributed by atoms with van der Waals surface area (Å²) in [5.41, 5.74) is 6.31. The van der Waals surface area contributed by atoms with E-state index in [4.69, 9.17) is 5.73 Å². The van der Waals surface area contributed by atoms with Crippen molar-refractivity contribution < 1.29 is 8.42 Å². The molecule has 0 spiro atoms. The van der Waals surface area contributed by atoms with Gasteiger partial charge in [0.2, 0.25) is 10.0 Å². The summed E-state index contributed by atoms with van der Waals surface area (Å²) in [6, 6.07) is 4.75. The number of nitrogens with two attached hydrogens (primary N) is 1. The highest BCUT2D eigenvalue weighted by molar-refractivity contribution is 9.10. The second kappa shape index (κ2) is 6.03. The molecule has 0 heterocycles. The highest BCUT2D eigenvalue weighted by Gasteiger charge is 2.33. The maximum Gasteiger partial charge on any atom is 0.241 e. The summed E-state index contributed by atoms with van der Waals surface area (Å²) in [4.78, 5) is 0.246. The van der Waals surface area contributed by atoms with Crippen molar-refractivity contribution in [1.29, 1.82) is 0 Å². The summed E-state index contributed by atoms with van der Waals surface area (Å²) in [5, 5.41) is 0. The van der Waals surface area contributed by atoms with Gasteiger partial charge in [-0.05, 0) is 58.8 Å². The van der Waals surface area contributed by atoms with Gasteiger partial charge in [-0.2, -0.15) is 0 Å². The quantitative estimate of drug-likeness (QED) is 0.791. The molecule has 2 rings (SSSR count). The van der Waals surface area contributed by atoms with E-state index in [1.54, 1.807) is 12.1 Å². The van der Waals surface area contributed by atoms with Gasteiger partial charge >= 0.3 is 0 Å². The Kier molecular flexibility index (Phi) is 4.76. The Hall–Kier alpha value is -0.590. The lowest BCUT2D eigenvalue weighted by Gasteiger charge is -2.27. The van der Waals surface area contributed by atoms with Crippen molar-refractivity contribution >= 4 is 31.6 Å². The highest BCUT2D eigenvalue weighted by Crippen LogP contribution is 2.40. The fourth-order valence-electron chi connectivity index (χ4n) is 2.84. The van der Waals surface area contributed by atoms with Crippen LogP contribution in [0.3, 0.4) is 0 Å². The molecule has 0 radical (unpaired) electrons. The van der Waals surface area contributed by atoms with Crippen molar-refractivity contribution in [2.24, 2.45) is 5.41 Å². The molecule has 20 heavy (non-hydrogen) atoms. The third-order valence-corrected chi connectivity index (χ3v) is 6.67. The molecule has 1 aromatic carbocycles. The minimum atomic E-state index is -3.50. The van der Waals surface area contributed by atoms with Gasteiger partial charge in [-0.25, -0.2) is 13.1 Å². The van der Waals surface area contributed by atoms with Gasteiger partial charge in [-0.15, -0.1) is 0 Å². The summed E-state index contributed by atoms with van der Waals surface area (Å²) in [5.74, 6) is 0. The van der Waals surface area contributed by atoms with Crippen molar-refractivity contribution in [2.75, 3.05) is 12.3 Å².